The maximum atomic E-state index is 12.6. The van der Waals surface area contributed by atoms with Crippen LogP contribution < -0.4 is 10.3 Å². The summed E-state index contributed by atoms with van der Waals surface area (Å²) < 4.78 is 6.06. The Hall–Kier alpha value is -3.04. The molecular weight excluding hydrogens is 420 g/mol. The van der Waals surface area contributed by atoms with Crippen molar-refractivity contribution in [2.24, 2.45) is 0 Å². The molecule has 1 N–H and O–H groups in total. The van der Waals surface area contributed by atoms with Crippen molar-refractivity contribution in [2.75, 3.05) is 13.7 Å². The standard InChI is InChI=1S/C21H20N4O3S2/c1-3-28-15-6-4-13(5-7-15)21-22-14(12-30-21)10-18(26)25(2)11-17-23-16-8-9-29-19(16)20(27)24-17/h4-9,12H,3,10-11H2,1-2H3,(H,23,24,27). The van der Waals surface area contributed by atoms with E-state index in [0.717, 1.165) is 22.0 Å². The van der Waals surface area contributed by atoms with Gasteiger partial charge in [-0.25, -0.2) is 9.97 Å². The second kappa shape index (κ2) is 8.76. The zero-order valence-electron chi connectivity index (χ0n) is 16.5. The fourth-order valence-electron chi connectivity index (χ4n) is 2.98. The summed E-state index contributed by atoms with van der Waals surface area (Å²) in [5, 5.41) is 4.59. The minimum atomic E-state index is -0.176. The number of amides is 1. The maximum Gasteiger partial charge on any atom is 0.268 e. The van der Waals surface area contributed by atoms with Crippen molar-refractivity contribution in [2.45, 2.75) is 19.9 Å². The number of hydrogen-bond acceptors (Lipinski definition) is 7. The smallest absolute Gasteiger partial charge is 0.268 e. The molecule has 4 aromatic rings. The molecule has 0 radical (unpaired) electrons. The highest BCUT2D eigenvalue weighted by molar-refractivity contribution is 7.17. The molecule has 0 atom stereocenters. The Kier molecular flexibility index (Phi) is 5.91. The van der Waals surface area contributed by atoms with E-state index in [4.69, 9.17) is 4.74 Å². The lowest BCUT2D eigenvalue weighted by atomic mass is 10.2. The Morgan fingerprint density at radius 2 is 1.97 bits per heavy atom. The van der Waals surface area contributed by atoms with Gasteiger partial charge in [0.15, 0.2) is 0 Å². The zero-order valence-corrected chi connectivity index (χ0v) is 18.2. The number of carbonyl (C=O) groups excluding carboxylic acids is 1. The molecule has 9 heteroatoms. The third-order valence-corrected chi connectivity index (χ3v) is 6.32. The van der Waals surface area contributed by atoms with Crippen LogP contribution in [0.15, 0.2) is 45.9 Å². The number of aromatic nitrogens is 3. The minimum Gasteiger partial charge on any atom is -0.494 e. The first kappa shape index (κ1) is 20.2. The highest BCUT2D eigenvalue weighted by Crippen LogP contribution is 2.26. The number of carbonyl (C=O) groups is 1. The van der Waals surface area contributed by atoms with Crippen LogP contribution in [0.1, 0.15) is 18.4 Å². The summed E-state index contributed by atoms with van der Waals surface area (Å²) in [4.78, 5) is 38.0. The summed E-state index contributed by atoms with van der Waals surface area (Å²) in [7, 11) is 1.69. The minimum absolute atomic E-state index is 0.0911. The number of H-pyrrole nitrogens is 1. The summed E-state index contributed by atoms with van der Waals surface area (Å²) in [5.74, 6) is 1.20. The van der Waals surface area contributed by atoms with Gasteiger partial charge in [-0.05, 0) is 42.6 Å². The number of thiazole rings is 1. The van der Waals surface area contributed by atoms with Crippen molar-refractivity contribution in [1.29, 1.82) is 0 Å². The number of aromatic amines is 1. The van der Waals surface area contributed by atoms with Gasteiger partial charge in [0.2, 0.25) is 5.91 Å². The molecule has 0 aliphatic heterocycles. The fraction of sp³-hybridized carbons (Fsp3) is 0.238. The molecule has 0 saturated heterocycles. The van der Waals surface area contributed by atoms with Crippen molar-refractivity contribution < 1.29 is 9.53 Å². The molecule has 0 fully saturated rings. The number of nitrogens with zero attached hydrogens (tertiary/aromatic N) is 3. The summed E-state index contributed by atoms with van der Waals surface area (Å²) in [6.45, 7) is 2.81. The Morgan fingerprint density at radius 1 is 1.17 bits per heavy atom. The molecule has 30 heavy (non-hydrogen) atoms. The quantitative estimate of drug-likeness (QED) is 0.473. The van der Waals surface area contributed by atoms with Crippen LogP contribution in [0.25, 0.3) is 20.8 Å². The van der Waals surface area contributed by atoms with Gasteiger partial charge in [0.1, 0.15) is 21.3 Å². The van der Waals surface area contributed by atoms with Gasteiger partial charge in [-0.15, -0.1) is 22.7 Å². The van der Waals surface area contributed by atoms with Crippen LogP contribution in [0.3, 0.4) is 0 Å². The first-order valence-corrected chi connectivity index (χ1v) is 11.2. The number of nitrogens with one attached hydrogen (secondary N) is 1. The van der Waals surface area contributed by atoms with Gasteiger partial charge in [-0.2, -0.15) is 0 Å². The summed E-state index contributed by atoms with van der Waals surface area (Å²) in [5.41, 5.74) is 2.18. The lowest BCUT2D eigenvalue weighted by Crippen LogP contribution is -2.29. The lowest BCUT2D eigenvalue weighted by molar-refractivity contribution is -0.129. The Labute approximate surface area is 181 Å². The van der Waals surface area contributed by atoms with Gasteiger partial charge >= 0.3 is 0 Å². The molecule has 4 rings (SSSR count). The van der Waals surface area contributed by atoms with E-state index in [1.54, 1.807) is 18.0 Å². The molecule has 3 aromatic heterocycles. The van der Waals surface area contributed by atoms with Crippen LogP contribution in [0.4, 0.5) is 0 Å². The molecule has 1 amide bonds. The number of fused-ring (bicyclic) bond motifs is 1. The van der Waals surface area contributed by atoms with Crippen molar-refractivity contribution in [3.63, 3.8) is 0 Å². The van der Waals surface area contributed by atoms with E-state index in [9.17, 15) is 9.59 Å². The van der Waals surface area contributed by atoms with Crippen LogP contribution in [0.5, 0.6) is 5.75 Å². The number of hydrogen-bond donors (Lipinski definition) is 1. The largest absolute Gasteiger partial charge is 0.494 e. The number of rotatable bonds is 7. The van der Waals surface area contributed by atoms with Gasteiger partial charge in [-0.1, -0.05) is 0 Å². The monoisotopic (exact) mass is 440 g/mol. The molecule has 0 unspecified atom stereocenters. The Bertz CT molecular complexity index is 1230. The molecule has 3 heterocycles. The molecule has 0 spiro atoms. The predicted molar refractivity (Wildman–Crippen MR) is 119 cm³/mol. The van der Waals surface area contributed by atoms with Gasteiger partial charge in [0.05, 0.1) is 30.8 Å². The van der Waals surface area contributed by atoms with E-state index in [0.29, 0.717) is 22.6 Å². The summed E-state index contributed by atoms with van der Waals surface area (Å²) in [6, 6.07) is 9.56. The predicted octanol–water partition coefficient (Wildman–Crippen LogP) is 3.71. The Morgan fingerprint density at radius 3 is 2.73 bits per heavy atom. The van der Waals surface area contributed by atoms with E-state index in [1.165, 1.54) is 22.7 Å². The van der Waals surface area contributed by atoms with E-state index >= 15 is 0 Å². The summed E-state index contributed by atoms with van der Waals surface area (Å²) >= 11 is 2.85. The van der Waals surface area contributed by atoms with Crippen LogP contribution in [0.2, 0.25) is 0 Å². The van der Waals surface area contributed by atoms with Crippen molar-refractivity contribution in [3.8, 4) is 16.3 Å². The van der Waals surface area contributed by atoms with E-state index < -0.39 is 0 Å². The van der Waals surface area contributed by atoms with Gasteiger partial charge in [0.25, 0.3) is 5.56 Å². The van der Waals surface area contributed by atoms with Crippen molar-refractivity contribution in [3.05, 3.63) is 63.0 Å². The SMILES string of the molecule is CCOc1ccc(-c2nc(CC(=O)N(C)Cc3nc4ccsc4c(=O)[nH]3)cs2)cc1. The number of likely N-dealkylation sites (N-methyl/N-ethyl adjacent to an activating group) is 1. The average Bonchev–Trinajstić information content (AvgIpc) is 3.38. The highest BCUT2D eigenvalue weighted by atomic mass is 32.1. The topological polar surface area (TPSA) is 88.2 Å². The van der Waals surface area contributed by atoms with Gasteiger partial charge < -0.3 is 14.6 Å². The second-order valence-electron chi connectivity index (χ2n) is 6.68. The van der Waals surface area contributed by atoms with Crippen LogP contribution in [0, 0.1) is 0 Å². The lowest BCUT2D eigenvalue weighted by Gasteiger charge is -2.15. The number of ether oxygens (including phenoxy) is 1. The molecule has 0 aliphatic carbocycles. The third kappa shape index (κ3) is 4.42. The molecule has 1 aromatic carbocycles. The molecule has 154 valence electrons. The third-order valence-electron chi connectivity index (χ3n) is 4.47. The van der Waals surface area contributed by atoms with Crippen LogP contribution in [-0.4, -0.2) is 39.4 Å². The highest BCUT2D eigenvalue weighted by Gasteiger charge is 2.15. The number of benzene rings is 1. The van der Waals surface area contributed by atoms with Crippen LogP contribution in [-0.2, 0) is 17.8 Å². The zero-order chi connectivity index (χ0) is 21.1. The molecule has 0 bridgehead atoms. The molecule has 0 aliphatic rings. The first-order valence-electron chi connectivity index (χ1n) is 9.41. The fourth-order valence-corrected chi connectivity index (χ4v) is 4.53. The van der Waals surface area contributed by atoms with E-state index in [-0.39, 0.29) is 24.4 Å². The van der Waals surface area contributed by atoms with E-state index in [1.807, 2.05) is 41.9 Å². The van der Waals surface area contributed by atoms with E-state index in [2.05, 4.69) is 15.0 Å². The van der Waals surface area contributed by atoms with Crippen molar-refractivity contribution >= 4 is 38.8 Å². The van der Waals surface area contributed by atoms with Crippen LogP contribution >= 0.6 is 22.7 Å². The van der Waals surface area contributed by atoms with Gasteiger partial charge in [0, 0.05) is 18.0 Å². The summed E-state index contributed by atoms with van der Waals surface area (Å²) in [6.07, 6.45) is 0.189. The molecule has 7 nitrogen and oxygen atoms in total. The first-order chi connectivity index (χ1) is 14.5. The van der Waals surface area contributed by atoms with Crippen molar-refractivity contribution in [1.82, 2.24) is 19.9 Å². The average molecular weight is 441 g/mol. The molecular formula is C21H20N4O3S2. The molecule has 0 saturated carbocycles. The van der Waals surface area contributed by atoms with Gasteiger partial charge in [-0.3, -0.25) is 9.59 Å². The normalized spacial score (nSPS) is 11.0. The Balaban J connectivity index is 1.41. The maximum absolute atomic E-state index is 12.6. The second-order valence-corrected chi connectivity index (χ2v) is 8.45. The number of thiophene rings is 1.